The van der Waals surface area contributed by atoms with Gasteiger partial charge in [0.2, 0.25) is 0 Å². The molecule has 134 valence electrons. The highest BCUT2D eigenvalue weighted by atomic mass is 16.1. The van der Waals surface area contributed by atoms with Gasteiger partial charge < -0.3 is 15.1 Å². The van der Waals surface area contributed by atoms with Gasteiger partial charge in [-0.2, -0.15) is 0 Å². The van der Waals surface area contributed by atoms with E-state index in [-0.39, 0.29) is 5.91 Å². The normalized spacial score (nSPS) is 10.7. The highest BCUT2D eigenvalue weighted by molar-refractivity contribution is 5.94. The van der Waals surface area contributed by atoms with E-state index in [2.05, 4.69) is 39.2 Å². The largest absolute Gasteiger partial charge is 0.353 e. The third-order valence-corrected chi connectivity index (χ3v) is 4.00. The minimum atomic E-state index is -0.0658. The fraction of sp³-hybridized carbons (Fsp3) is 0.400. The number of anilines is 1. The molecule has 0 saturated carbocycles. The van der Waals surface area contributed by atoms with Gasteiger partial charge in [0.1, 0.15) is 5.82 Å². The molecule has 1 aromatic heterocycles. The van der Waals surface area contributed by atoms with Crippen molar-refractivity contribution in [3.05, 3.63) is 59.8 Å². The molecule has 1 N–H and O–H groups in total. The summed E-state index contributed by atoms with van der Waals surface area (Å²) in [6.07, 6.45) is 2.59. The summed E-state index contributed by atoms with van der Waals surface area (Å²) in [4.78, 5) is 20.9. The summed E-state index contributed by atoms with van der Waals surface area (Å²) < 4.78 is 0. The van der Waals surface area contributed by atoms with Crippen molar-refractivity contribution in [1.29, 1.82) is 0 Å². The second-order valence-corrected chi connectivity index (χ2v) is 6.32. The van der Waals surface area contributed by atoms with Gasteiger partial charge in [0.05, 0.1) is 5.56 Å². The second kappa shape index (κ2) is 9.79. The Hall–Kier alpha value is -2.40. The first-order valence-electron chi connectivity index (χ1n) is 8.78. The summed E-state index contributed by atoms with van der Waals surface area (Å²) in [7, 11) is 4.05. The lowest BCUT2D eigenvalue weighted by Crippen LogP contribution is -2.27. The van der Waals surface area contributed by atoms with Crippen LogP contribution in [-0.2, 0) is 6.54 Å². The van der Waals surface area contributed by atoms with Crippen LogP contribution in [0.2, 0.25) is 0 Å². The summed E-state index contributed by atoms with van der Waals surface area (Å²) >= 11 is 0. The van der Waals surface area contributed by atoms with Crippen LogP contribution >= 0.6 is 0 Å². The maximum absolute atomic E-state index is 12.2. The molecule has 0 saturated heterocycles. The first-order valence-corrected chi connectivity index (χ1v) is 8.78. The van der Waals surface area contributed by atoms with E-state index in [9.17, 15) is 4.79 Å². The van der Waals surface area contributed by atoms with E-state index >= 15 is 0 Å². The monoisotopic (exact) mass is 340 g/mol. The van der Waals surface area contributed by atoms with E-state index in [0.717, 1.165) is 31.9 Å². The zero-order valence-corrected chi connectivity index (χ0v) is 15.4. The fourth-order valence-corrected chi connectivity index (χ4v) is 2.57. The minimum Gasteiger partial charge on any atom is -0.353 e. The van der Waals surface area contributed by atoms with Gasteiger partial charge in [0, 0.05) is 25.8 Å². The van der Waals surface area contributed by atoms with Crippen LogP contribution in [0.1, 0.15) is 29.3 Å². The highest BCUT2D eigenvalue weighted by Crippen LogP contribution is 2.15. The molecule has 0 aliphatic carbocycles. The van der Waals surface area contributed by atoms with Crippen molar-refractivity contribution in [2.24, 2.45) is 0 Å². The molecule has 0 fully saturated rings. The van der Waals surface area contributed by atoms with Gasteiger partial charge in [-0.25, -0.2) is 4.98 Å². The minimum absolute atomic E-state index is 0.0658. The van der Waals surface area contributed by atoms with Crippen LogP contribution < -0.4 is 10.2 Å². The Bertz CT molecular complexity index is 641. The van der Waals surface area contributed by atoms with Crippen LogP contribution in [0.3, 0.4) is 0 Å². The number of hydrogen-bond donors (Lipinski definition) is 1. The van der Waals surface area contributed by atoms with Crippen LogP contribution in [0.4, 0.5) is 5.82 Å². The summed E-state index contributed by atoms with van der Waals surface area (Å²) in [6.45, 7) is 5.41. The smallest absolute Gasteiger partial charge is 0.252 e. The zero-order valence-electron chi connectivity index (χ0n) is 15.4. The summed E-state index contributed by atoms with van der Waals surface area (Å²) in [6, 6.07) is 14.1. The molecule has 0 unspecified atom stereocenters. The van der Waals surface area contributed by atoms with Gasteiger partial charge in [-0.1, -0.05) is 30.3 Å². The zero-order chi connectivity index (χ0) is 18.1. The topological polar surface area (TPSA) is 48.5 Å². The molecule has 0 aliphatic heterocycles. The van der Waals surface area contributed by atoms with Gasteiger partial charge in [-0.05, 0) is 51.7 Å². The molecule has 1 aromatic carbocycles. The lowest BCUT2D eigenvalue weighted by atomic mass is 10.2. The molecule has 5 heteroatoms. The Kier molecular flexibility index (Phi) is 7.41. The van der Waals surface area contributed by atoms with Crippen molar-refractivity contribution in [3.8, 4) is 0 Å². The van der Waals surface area contributed by atoms with Crippen molar-refractivity contribution in [3.63, 3.8) is 0 Å². The Labute approximate surface area is 150 Å². The SMILES string of the molecule is CCN(Cc1ccccc1)c1ccc(C(=O)NCCCN(C)C)cn1. The number of carbonyl (C=O) groups is 1. The van der Waals surface area contributed by atoms with Gasteiger partial charge in [-0.15, -0.1) is 0 Å². The molecule has 0 radical (unpaired) electrons. The number of hydrogen-bond acceptors (Lipinski definition) is 4. The van der Waals surface area contributed by atoms with E-state index in [1.165, 1.54) is 5.56 Å². The number of rotatable bonds is 9. The Morgan fingerprint density at radius 2 is 1.88 bits per heavy atom. The Balaban J connectivity index is 1.92. The van der Waals surface area contributed by atoms with E-state index in [0.29, 0.717) is 12.1 Å². The summed E-state index contributed by atoms with van der Waals surface area (Å²) in [5.41, 5.74) is 1.85. The van der Waals surface area contributed by atoms with E-state index in [4.69, 9.17) is 0 Å². The molecule has 1 amide bonds. The molecule has 0 aliphatic rings. The highest BCUT2D eigenvalue weighted by Gasteiger charge is 2.09. The number of amides is 1. The first-order chi connectivity index (χ1) is 12.1. The third kappa shape index (κ3) is 6.19. The molecule has 1 heterocycles. The van der Waals surface area contributed by atoms with Crippen molar-refractivity contribution in [2.45, 2.75) is 19.9 Å². The van der Waals surface area contributed by atoms with Crippen molar-refractivity contribution in [2.75, 3.05) is 38.6 Å². The molecular weight excluding hydrogens is 312 g/mol. The van der Waals surface area contributed by atoms with E-state index in [1.807, 2.05) is 44.4 Å². The van der Waals surface area contributed by atoms with Gasteiger partial charge in [0.25, 0.3) is 5.91 Å². The molecule has 0 bridgehead atoms. The summed E-state index contributed by atoms with van der Waals surface area (Å²) in [5, 5.41) is 2.94. The number of benzene rings is 1. The molecule has 25 heavy (non-hydrogen) atoms. The third-order valence-electron chi connectivity index (χ3n) is 4.00. The molecule has 5 nitrogen and oxygen atoms in total. The molecule has 0 atom stereocenters. The Morgan fingerprint density at radius 3 is 2.48 bits per heavy atom. The molecule has 0 spiro atoms. The number of nitrogens with zero attached hydrogens (tertiary/aromatic N) is 3. The van der Waals surface area contributed by atoms with Crippen LogP contribution in [0.25, 0.3) is 0 Å². The number of carbonyl (C=O) groups excluding carboxylic acids is 1. The second-order valence-electron chi connectivity index (χ2n) is 6.32. The number of aromatic nitrogens is 1. The average Bonchev–Trinajstić information content (AvgIpc) is 2.64. The predicted octanol–water partition coefficient (Wildman–Crippen LogP) is 2.79. The number of pyridine rings is 1. The summed E-state index contributed by atoms with van der Waals surface area (Å²) in [5.74, 6) is 0.819. The van der Waals surface area contributed by atoms with Gasteiger partial charge in [0.15, 0.2) is 0 Å². The number of nitrogens with one attached hydrogen (secondary N) is 1. The van der Waals surface area contributed by atoms with Crippen LogP contribution in [0, 0.1) is 0 Å². The first kappa shape index (κ1) is 18.9. The van der Waals surface area contributed by atoms with Gasteiger partial charge >= 0.3 is 0 Å². The predicted molar refractivity (Wildman–Crippen MR) is 103 cm³/mol. The van der Waals surface area contributed by atoms with E-state index < -0.39 is 0 Å². The van der Waals surface area contributed by atoms with Gasteiger partial charge in [-0.3, -0.25) is 4.79 Å². The van der Waals surface area contributed by atoms with Crippen LogP contribution in [-0.4, -0.2) is 49.5 Å². The van der Waals surface area contributed by atoms with Crippen molar-refractivity contribution in [1.82, 2.24) is 15.2 Å². The van der Waals surface area contributed by atoms with Crippen molar-refractivity contribution >= 4 is 11.7 Å². The fourth-order valence-electron chi connectivity index (χ4n) is 2.57. The van der Waals surface area contributed by atoms with Crippen LogP contribution in [0.15, 0.2) is 48.7 Å². The molecule has 2 rings (SSSR count). The lowest BCUT2D eigenvalue weighted by Gasteiger charge is -2.22. The Morgan fingerprint density at radius 1 is 1.12 bits per heavy atom. The van der Waals surface area contributed by atoms with E-state index in [1.54, 1.807) is 6.20 Å². The van der Waals surface area contributed by atoms with Crippen molar-refractivity contribution < 1.29 is 4.79 Å². The quantitative estimate of drug-likeness (QED) is 0.713. The maximum atomic E-state index is 12.2. The lowest BCUT2D eigenvalue weighted by molar-refractivity contribution is 0.0952. The molecular formula is C20H28N4O. The average molecular weight is 340 g/mol. The standard InChI is InChI=1S/C20H28N4O/c1-4-24(16-17-9-6-5-7-10-17)19-12-11-18(15-22-19)20(25)21-13-8-14-23(2)3/h5-7,9-12,15H,4,8,13-14,16H2,1-3H3,(H,21,25). The van der Waals surface area contributed by atoms with Crippen LogP contribution in [0.5, 0.6) is 0 Å². The maximum Gasteiger partial charge on any atom is 0.252 e. The molecule has 2 aromatic rings.